The van der Waals surface area contributed by atoms with Crippen molar-refractivity contribution in [1.82, 2.24) is 25.0 Å². The summed E-state index contributed by atoms with van der Waals surface area (Å²) in [5, 5.41) is 9.02. The number of aromatic amines is 1. The maximum Gasteiger partial charge on any atom is 0.343 e. The molecule has 2 aliphatic rings. The van der Waals surface area contributed by atoms with E-state index in [-0.39, 0.29) is 37.2 Å². The van der Waals surface area contributed by atoms with Gasteiger partial charge in [0.2, 0.25) is 12.7 Å². The minimum absolute atomic E-state index is 0.0555. The van der Waals surface area contributed by atoms with Crippen molar-refractivity contribution in [3.05, 3.63) is 39.2 Å². The third-order valence-corrected chi connectivity index (χ3v) is 6.61. The van der Waals surface area contributed by atoms with Gasteiger partial charge in [0.05, 0.1) is 10.7 Å². The molecule has 174 valence electrons. The highest BCUT2D eigenvalue weighted by Crippen LogP contribution is 2.36. The monoisotopic (exact) mass is 491 g/mol. The minimum Gasteiger partial charge on any atom is -0.454 e. The van der Waals surface area contributed by atoms with E-state index in [9.17, 15) is 19.2 Å². The lowest BCUT2D eigenvalue weighted by Gasteiger charge is -2.13. The number of aromatic nitrogens is 3. The summed E-state index contributed by atoms with van der Waals surface area (Å²) < 4.78 is 12.1. The molecule has 0 bridgehead atoms. The fourth-order valence-corrected chi connectivity index (χ4v) is 4.84. The van der Waals surface area contributed by atoms with E-state index in [0.717, 1.165) is 40.4 Å². The van der Waals surface area contributed by atoms with Crippen LogP contribution in [0, 0.1) is 0 Å². The van der Waals surface area contributed by atoms with E-state index in [4.69, 9.17) is 9.47 Å². The lowest BCUT2D eigenvalue weighted by molar-refractivity contribution is -0.123. The van der Waals surface area contributed by atoms with Gasteiger partial charge in [-0.05, 0) is 42.0 Å². The average molecular weight is 492 g/mol. The van der Waals surface area contributed by atoms with Crippen molar-refractivity contribution in [1.29, 1.82) is 0 Å². The number of amides is 3. The smallest absolute Gasteiger partial charge is 0.343 e. The van der Waals surface area contributed by atoms with Gasteiger partial charge in [-0.25, -0.2) is 9.89 Å². The number of imide groups is 1. The summed E-state index contributed by atoms with van der Waals surface area (Å²) in [6.45, 7) is 2.78. The van der Waals surface area contributed by atoms with Gasteiger partial charge in [-0.1, -0.05) is 24.8 Å². The molecule has 0 spiro atoms. The molecule has 11 nitrogen and oxygen atoms in total. The molecule has 1 aromatic heterocycles. The summed E-state index contributed by atoms with van der Waals surface area (Å²) in [7, 11) is 0. The number of hydrogen-bond acceptors (Lipinski definition) is 9. The van der Waals surface area contributed by atoms with E-state index < -0.39 is 11.1 Å². The van der Waals surface area contributed by atoms with Crippen molar-refractivity contribution >= 4 is 46.7 Å². The first-order valence-electron chi connectivity index (χ1n) is 10.2. The number of rotatable bonds is 9. The van der Waals surface area contributed by atoms with Gasteiger partial charge in [-0.3, -0.25) is 23.9 Å². The second kappa shape index (κ2) is 10.2. The van der Waals surface area contributed by atoms with E-state index >= 15 is 0 Å². The lowest BCUT2D eigenvalue weighted by Crippen LogP contribution is -2.37. The molecule has 2 aromatic rings. The zero-order valence-electron chi connectivity index (χ0n) is 17.7. The Morgan fingerprint density at radius 2 is 2.09 bits per heavy atom. The van der Waals surface area contributed by atoms with E-state index in [1.807, 2.05) is 6.92 Å². The van der Waals surface area contributed by atoms with Crippen molar-refractivity contribution in [2.75, 3.05) is 25.6 Å². The van der Waals surface area contributed by atoms with Gasteiger partial charge in [0, 0.05) is 19.6 Å². The van der Waals surface area contributed by atoms with Crippen LogP contribution in [0.25, 0.3) is 6.08 Å². The molecule has 2 aliphatic heterocycles. The average Bonchev–Trinajstić information content (AvgIpc) is 3.47. The number of ether oxygens (including phenoxy) is 2. The van der Waals surface area contributed by atoms with Crippen molar-refractivity contribution in [3.8, 4) is 11.5 Å². The predicted octanol–water partition coefficient (Wildman–Crippen LogP) is 1.65. The van der Waals surface area contributed by atoms with Gasteiger partial charge < -0.3 is 14.8 Å². The third kappa shape index (κ3) is 5.25. The van der Waals surface area contributed by atoms with Crippen molar-refractivity contribution in [2.24, 2.45) is 0 Å². The standard InChI is InChI=1S/C20H21N5O6S2/c1-2-6-25-18(28)22-23-19(25)32-10-16(26)21-5-7-24-17(27)15(33-20(24)29)9-12-3-4-13-14(8-12)31-11-30-13/h3-4,8-9H,2,5-7,10-11H2,1H3,(H,21,26)(H,22,28). The van der Waals surface area contributed by atoms with Crippen LogP contribution in [-0.4, -0.2) is 62.4 Å². The highest BCUT2D eigenvalue weighted by molar-refractivity contribution is 8.18. The molecule has 1 fully saturated rings. The Kier molecular flexibility index (Phi) is 7.08. The number of hydrogen-bond donors (Lipinski definition) is 2. The van der Waals surface area contributed by atoms with E-state index in [2.05, 4.69) is 15.5 Å². The van der Waals surface area contributed by atoms with Crippen LogP contribution < -0.4 is 20.5 Å². The normalized spacial score (nSPS) is 16.2. The van der Waals surface area contributed by atoms with Gasteiger partial charge in [0.25, 0.3) is 11.1 Å². The molecule has 0 saturated carbocycles. The highest BCUT2D eigenvalue weighted by Gasteiger charge is 2.34. The summed E-state index contributed by atoms with van der Waals surface area (Å²) in [6.07, 6.45) is 2.39. The number of carbonyl (C=O) groups excluding carboxylic acids is 3. The van der Waals surface area contributed by atoms with E-state index in [1.165, 1.54) is 4.57 Å². The predicted molar refractivity (Wildman–Crippen MR) is 122 cm³/mol. The molecule has 33 heavy (non-hydrogen) atoms. The summed E-state index contributed by atoms with van der Waals surface area (Å²) in [4.78, 5) is 50.2. The van der Waals surface area contributed by atoms with Gasteiger partial charge in [0.1, 0.15) is 0 Å². The zero-order valence-corrected chi connectivity index (χ0v) is 19.3. The van der Waals surface area contributed by atoms with Gasteiger partial charge in [0.15, 0.2) is 16.7 Å². The Hall–Kier alpha value is -3.19. The Morgan fingerprint density at radius 1 is 1.27 bits per heavy atom. The van der Waals surface area contributed by atoms with E-state index in [1.54, 1.807) is 24.3 Å². The summed E-state index contributed by atoms with van der Waals surface area (Å²) in [6, 6.07) is 5.27. The second-order valence-electron chi connectivity index (χ2n) is 7.05. The minimum atomic E-state index is -0.411. The maximum absolute atomic E-state index is 12.6. The molecule has 0 atom stereocenters. The molecule has 4 rings (SSSR count). The Bertz CT molecular complexity index is 1170. The first-order valence-corrected chi connectivity index (χ1v) is 12.0. The van der Waals surface area contributed by atoms with Crippen LogP contribution >= 0.6 is 23.5 Å². The van der Waals surface area contributed by atoms with Crippen LogP contribution in [0.5, 0.6) is 11.5 Å². The summed E-state index contributed by atoms with van der Waals surface area (Å²) in [5.74, 6) is 0.577. The zero-order chi connectivity index (χ0) is 23.4. The van der Waals surface area contributed by atoms with Crippen molar-refractivity contribution in [2.45, 2.75) is 25.0 Å². The molecule has 3 amide bonds. The first kappa shape index (κ1) is 23.0. The number of benzene rings is 1. The maximum atomic E-state index is 12.6. The second-order valence-corrected chi connectivity index (χ2v) is 8.98. The van der Waals surface area contributed by atoms with Crippen LogP contribution in [-0.2, 0) is 16.1 Å². The fraction of sp³-hybridized carbons (Fsp3) is 0.350. The topological polar surface area (TPSA) is 136 Å². The molecule has 1 saturated heterocycles. The van der Waals surface area contributed by atoms with E-state index in [0.29, 0.717) is 28.1 Å². The SMILES string of the molecule is CCCn1c(SCC(=O)NCCN2C(=O)SC(=Cc3ccc4c(c3)OCO4)C2=O)n[nH]c1=O. The van der Waals surface area contributed by atoms with Gasteiger partial charge in [-0.15, -0.1) is 5.10 Å². The quantitative estimate of drug-likeness (QED) is 0.396. The molecule has 0 aliphatic carbocycles. The highest BCUT2D eigenvalue weighted by atomic mass is 32.2. The number of H-pyrrole nitrogens is 1. The van der Waals surface area contributed by atoms with Crippen molar-refractivity contribution < 1.29 is 23.9 Å². The van der Waals surface area contributed by atoms with Crippen molar-refractivity contribution in [3.63, 3.8) is 0 Å². The van der Waals surface area contributed by atoms with Crippen LogP contribution in [0.4, 0.5) is 4.79 Å². The summed E-state index contributed by atoms with van der Waals surface area (Å²) in [5.41, 5.74) is 0.405. The summed E-state index contributed by atoms with van der Waals surface area (Å²) >= 11 is 1.99. The van der Waals surface area contributed by atoms with Crippen LogP contribution in [0.3, 0.4) is 0 Å². The molecule has 1 aromatic carbocycles. The molecule has 13 heteroatoms. The Labute approximate surface area is 196 Å². The molecule has 0 unspecified atom stereocenters. The number of fused-ring (bicyclic) bond motifs is 1. The first-order chi connectivity index (χ1) is 16.0. The fourth-order valence-electron chi connectivity index (χ4n) is 3.17. The number of carbonyl (C=O) groups is 3. The van der Waals surface area contributed by atoms with Crippen LogP contribution in [0.15, 0.2) is 33.1 Å². The van der Waals surface area contributed by atoms with Gasteiger partial charge in [-0.2, -0.15) is 0 Å². The number of thioether (sulfide) groups is 2. The Morgan fingerprint density at radius 3 is 2.91 bits per heavy atom. The number of nitrogens with one attached hydrogen (secondary N) is 2. The van der Waals surface area contributed by atoms with Crippen LogP contribution in [0.1, 0.15) is 18.9 Å². The lowest BCUT2D eigenvalue weighted by atomic mass is 10.2. The molecular weight excluding hydrogens is 470 g/mol. The molecular formula is C20H21N5O6S2. The molecule has 0 radical (unpaired) electrons. The van der Waals surface area contributed by atoms with Gasteiger partial charge >= 0.3 is 5.69 Å². The molecule has 3 heterocycles. The Balaban J connectivity index is 1.27. The largest absolute Gasteiger partial charge is 0.454 e. The number of nitrogens with zero attached hydrogens (tertiary/aromatic N) is 3. The van der Waals surface area contributed by atoms with Crippen LogP contribution in [0.2, 0.25) is 0 Å². The third-order valence-electron chi connectivity index (χ3n) is 4.73. The molecule has 2 N–H and O–H groups in total.